The van der Waals surface area contributed by atoms with Crippen LogP contribution in [0.4, 0.5) is 4.39 Å². The van der Waals surface area contributed by atoms with Crippen molar-refractivity contribution in [2.45, 2.75) is 19.0 Å². The predicted molar refractivity (Wildman–Crippen MR) is 95.6 cm³/mol. The van der Waals surface area contributed by atoms with Gasteiger partial charge in [-0.15, -0.1) is 0 Å². The van der Waals surface area contributed by atoms with Crippen LogP contribution >= 0.6 is 0 Å². The molecule has 1 heterocycles. The van der Waals surface area contributed by atoms with Gasteiger partial charge in [0.25, 0.3) is 10.2 Å². The maximum Gasteiger partial charge on any atom is 0.283 e. The minimum Gasteiger partial charge on any atom is -0.368 e. The average Bonchev–Trinajstić information content (AvgIpc) is 2.61. The van der Waals surface area contributed by atoms with Gasteiger partial charge in [0.05, 0.1) is 0 Å². The number of carbonyl (C=O) groups excluding carboxylic acids is 1. The van der Waals surface area contributed by atoms with Gasteiger partial charge in [0, 0.05) is 20.1 Å². The van der Waals surface area contributed by atoms with Crippen LogP contribution in [0.3, 0.4) is 0 Å². The molecule has 2 aromatic rings. The number of rotatable bonds is 5. The molecule has 1 aliphatic rings. The Morgan fingerprint density at radius 1 is 1.19 bits per heavy atom. The Morgan fingerprint density at radius 2 is 1.88 bits per heavy atom. The lowest BCUT2D eigenvalue weighted by Gasteiger charge is -2.34. The molecule has 2 N–H and O–H groups in total. The molecule has 0 saturated heterocycles. The minimum atomic E-state index is -3.97. The number of fused-ring (bicyclic) bond motifs is 1. The molecule has 26 heavy (non-hydrogen) atoms. The standard InChI is InChI=1S/C18H20FN3O3S/c1-21(17(18(20)23)14-7-4-8-16(19)11-14)26(24,25)22-10-9-13-5-2-3-6-15(13)12-22/h2-8,11,17H,9-10,12H2,1H3,(H2,20,23)/t17-/m0/s1. The highest BCUT2D eigenvalue weighted by Crippen LogP contribution is 2.28. The summed E-state index contributed by atoms with van der Waals surface area (Å²) in [7, 11) is -2.68. The molecule has 3 rings (SSSR count). The van der Waals surface area contributed by atoms with E-state index in [9.17, 15) is 17.6 Å². The van der Waals surface area contributed by atoms with Gasteiger partial charge in [-0.1, -0.05) is 36.4 Å². The molecule has 138 valence electrons. The largest absolute Gasteiger partial charge is 0.368 e. The lowest BCUT2D eigenvalue weighted by molar-refractivity contribution is -0.121. The average molecular weight is 377 g/mol. The number of carbonyl (C=O) groups is 1. The predicted octanol–water partition coefficient (Wildman–Crippen LogP) is 1.59. The van der Waals surface area contributed by atoms with Crippen LogP contribution in [0.2, 0.25) is 0 Å². The van der Waals surface area contributed by atoms with E-state index in [0.29, 0.717) is 13.0 Å². The second kappa shape index (κ2) is 7.14. The second-order valence-corrected chi connectivity index (χ2v) is 8.22. The Morgan fingerprint density at radius 3 is 2.54 bits per heavy atom. The summed E-state index contributed by atoms with van der Waals surface area (Å²) in [6.45, 7) is 0.524. The number of nitrogens with zero attached hydrogens (tertiary/aromatic N) is 2. The van der Waals surface area contributed by atoms with Gasteiger partial charge in [0.2, 0.25) is 5.91 Å². The van der Waals surface area contributed by atoms with Crippen LogP contribution in [0, 0.1) is 5.82 Å². The van der Waals surface area contributed by atoms with Crippen LogP contribution in [-0.2, 0) is 28.0 Å². The fourth-order valence-electron chi connectivity index (χ4n) is 3.21. The summed E-state index contributed by atoms with van der Waals surface area (Å²) in [6.07, 6.45) is 0.588. The number of amides is 1. The zero-order valence-electron chi connectivity index (χ0n) is 14.3. The number of halogens is 1. The first-order chi connectivity index (χ1) is 12.3. The first-order valence-electron chi connectivity index (χ1n) is 8.15. The molecule has 6 nitrogen and oxygen atoms in total. The quantitative estimate of drug-likeness (QED) is 0.859. The Hall–Kier alpha value is -2.29. The van der Waals surface area contributed by atoms with Crippen molar-refractivity contribution in [3.63, 3.8) is 0 Å². The molecule has 0 saturated carbocycles. The van der Waals surface area contributed by atoms with Crippen molar-refractivity contribution < 1.29 is 17.6 Å². The van der Waals surface area contributed by atoms with E-state index in [1.165, 1.54) is 29.6 Å². The fourth-order valence-corrected chi connectivity index (χ4v) is 4.69. The maximum absolute atomic E-state index is 13.5. The molecule has 0 aromatic heterocycles. The van der Waals surface area contributed by atoms with Crippen LogP contribution in [0.5, 0.6) is 0 Å². The molecule has 0 spiro atoms. The van der Waals surface area contributed by atoms with Crippen LogP contribution in [0.25, 0.3) is 0 Å². The number of hydrogen-bond donors (Lipinski definition) is 1. The maximum atomic E-state index is 13.5. The van der Waals surface area contributed by atoms with E-state index in [1.54, 1.807) is 0 Å². The van der Waals surface area contributed by atoms with Gasteiger partial charge in [-0.2, -0.15) is 17.0 Å². The Balaban J connectivity index is 1.91. The molecule has 0 fully saturated rings. The van der Waals surface area contributed by atoms with Crippen molar-refractivity contribution >= 4 is 16.1 Å². The van der Waals surface area contributed by atoms with Crippen molar-refractivity contribution in [1.29, 1.82) is 0 Å². The third-order valence-electron chi connectivity index (χ3n) is 4.58. The van der Waals surface area contributed by atoms with Gasteiger partial charge in [-0.25, -0.2) is 4.39 Å². The molecule has 1 amide bonds. The highest BCUT2D eigenvalue weighted by molar-refractivity contribution is 7.86. The number of benzene rings is 2. The van der Waals surface area contributed by atoms with Crippen LogP contribution in [-0.4, -0.2) is 36.5 Å². The number of nitrogens with two attached hydrogens (primary N) is 1. The van der Waals surface area contributed by atoms with E-state index in [-0.39, 0.29) is 12.1 Å². The van der Waals surface area contributed by atoms with Gasteiger partial charge >= 0.3 is 0 Å². The first-order valence-corrected chi connectivity index (χ1v) is 9.55. The fraction of sp³-hybridized carbons (Fsp3) is 0.278. The summed E-state index contributed by atoms with van der Waals surface area (Å²) in [5.41, 5.74) is 7.67. The number of hydrogen-bond acceptors (Lipinski definition) is 3. The van der Waals surface area contributed by atoms with E-state index < -0.39 is 28.0 Å². The van der Waals surface area contributed by atoms with E-state index in [1.807, 2.05) is 24.3 Å². The lowest BCUT2D eigenvalue weighted by atomic mass is 10.0. The SMILES string of the molecule is CN([C@H](C(N)=O)c1cccc(F)c1)S(=O)(=O)N1CCc2ccccc2C1. The molecule has 0 aliphatic carbocycles. The molecule has 8 heteroatoms. The van der Waals surface area contributed by atoms with Gasteiger partial charge in [-0.05, 0) is 35.2 Å². The molecule has 0 bridgehead atoms. The van der Waals surface area contributed by atoms with Crippen LogP contribution in [0.15, 0.2) is 48.5 Å². The normalized spacial score (nSPS) is 16.3. The summed E-state index contributed by atoms with van der Waals surface area (Å²) < 4.78 is 41.9. The highest BCUT2D eigenvalue weighted by atomic mass is 32.2. The smallest absolute Gasteiger partial charge is 0.283 e. The van der Waals surface area contributed by atoms with Gasteiger partial charge in [0.1, 0.15) is 11.9 Å². The summed E-state index contributed by atoms with van der Waals surface area (Å²) in [4.78, 5) is 12.0. The van der Waals surface area contributed by atoms with Crippen molar-refractivity contribution in [2.75, 3.05) is 13.6 Å². The molecular formula is C18H20FN3O3S. The summed E-state index contributed by atoms with van der Waals surface area (Å²) in [6, 6.07) is 11.6. The molecule has 2 aromatic carbocycles. The van der Waals surface area contributed by atoms with Gasteiger partial charge in [-0.3, -0.25) is 4.79 Å². The lowest BCUT2D eigenvalue weighted by Crippen LogP contribution is -2.48. The zero-order chi connectivity index (χ0) is 18.9. The minimum absolute atomic E-state index is 0.195. The summed E-state index contributed by atoms with van der Waals surface area (Å²) >= 11 is 0. The molecule has 0 unspecified atom stereocenters. The van der Waals surface area contributed by atoms with E-state index in [0.717, 1.165) is 21.5 Å². The molecule has 0 radical (unpaired) electrons. The van der Waals surface area contributed by atoms with Crippen LogP contribution in [0.1, 0.15) is 22.7 Å². The van der Waals surface area contributed by atoms with Crippen molar-refractivity contribution in [1.82, 2.24) is 8.61 Å². The monoisotopic (exact) mass is 377 g/mol. The zero-order valence-corrected chi connectivity index (χ0v) is 15.1. The first kappa shape index (κ1) is 18.5. The Bertz CT molecular complexity index is 933. The van der Waals surface area contributed by atoms with Gasteiger partial charge < -0.3 is 5.73 Å². The summed E-state index contributed by atoms with van der Waals surface area (Å²) in [5.74, 6) is -1.43. The topological polar surface area (TPSA) is 83.7 Å². The Labute approximate surface area is 152 Å². The van der Waals surface area contributed by atoms with Gasteiger partial charge in [0.15, 0.2) is 0 Å². The van der Waals surface area contributed by atoms with Crippen LogP contribution < -0.4 is 5.73 Å². The van der Waals surface area contributed by atoms with Crippen molar-refractivity contribution in [3.05, 3.63) is 71.0 Å². The highest BCUT2D eigenvalue weighted by Gasteiger charge is 2.37. The second-order valence-electron chi connectivity index (χ2n) is 6.24. The third kappa shape index (κ3) is 3.48. The molecule has 1 aliphatic heterocycles. The van der Waals surface area contributed by atoms with Crippen molar-refractivity contribution in [2.24, 2.45) is 5.73 Å². The number of primary amides is 1. The van der Waals surface area contributed by atoms with E-state index in [4.69, 9.17) is 5.73 Å². The molecular weight excluding hydrogens is 357 g/mol. The number of likely N-dealkylation sites (N-methyl/N-ethyl adjacent to an activating group) is 1. The van der Waals surface area contributed by atoms with Crippen molar-refractivity contribution in [3.8, 4) is 0 Å². The molecule has 1 atom stereocenters. The third-order valence-corrected chi connectivity index (χ3v) is 6.49. The van der Waals surface area contributed by atoms with E-state index in [2.05, 4.69) is 0 Å². The van der Waals surface area contributed by atoms with E-state index >= 15 is 0 Å². The summed E-state index contributed by atoms with van der Waals surface area (Å²) in [5, 5.41) is 0. The Kier molecular flexibility index (Phi) is 5.08.